The first kappa shape index (κ1) is 24.5. The molecule has 0 unspecified atom stereocenters. The Labute approximate surface area is 202 Å². The molecule has 0 bridgehead atoms. The van der Waals surface area contributed by atoms with E-state index < -0.39 is 5.60 Å². The molecule has 0 aromatic heterocycles. The van der Waals surface area contributed by atoms with Crippen LogP contribution in [0.3, 0.4) is 0 Å². The van der Waals surface area contributed by atoms with Crippen molar-refractivity contribution < 1.29 is 9.84 Å². The fraction of sp³-hybridized carbons (Fsp3) is 0.357. The summed E-state index contributed by atoms with van der Waals surface area (Å²) in [7, 11) is 1.68. The summed E-state index contributed by atoms with van der Waals surface area (Å²) < 4.78 is 5.44. The van der Waals surface area contributed by atoms with Crippen molar-refractivity contribution in [3.05, 3.63) is 102 Å². The molecule has 0 aliphatic heterocycles. The van der Waals surface area contributed by atoms with Gasteiger partial charge in [0.25, 0.3) is 0 Å². The smallest absolute Gasteiger partial charge is 0.119 e. The van der Waals surface area contributed by atoms with E-state index in [1.807, 2.05) is 18.2 Å². The number of methoxy groups -OCH3 is 1. The van der Waals surface area contributed by atoms with Crippen LogP contribution in [0.15, 0.2) is 84.9 Å². The van der Waals surface area contributed by atoms with Crippen LogP contribution in [0, 0.1) is 5.92 Å². The maximum absolute atomic E-state index is 11.9. The Kier molecular flexibility index (Phi) is 8.92. The van der Waals surface area contributed by atoms with Gasteiger partial charge in [0.1, 0.15) is 5.75 Å². The number of hydrogen-bond acceptors (Lipinski definition) is 3. The normalized spacial score (nSPS) is 20.5. The zero-order valence-corrected chi connectivity index (χ0v) is 20.5. The van der Waals surface area contributed by atoms with E-state index in [9.17, 15) is 5.11 Å². The van der Waals surface area contributed by atoms with Crippen molar-refractivity contribution in [1.29, 1.82) is 0 Å². The highest BCUT2D eigenvalue weighted by Gasteiger charge is 2.41. The first-order chi connectivity index (χ1) is 15.2. The van der Waals surface area contributed by atoms with E-state index >= 15 is 0 Å². The summed E-state index contributed by atoms with van der Waals surface area (Å²) in [4.78, 5) is 2.49. The maximum Gasteiger partial charge on any atom is 0.119 e. The topological polar surface area (TPSA) is 32.7 Å². The molecule has 4 heteroatoms. The highest BCUT2D eigenvalue weighted by atomic mass is 79.9. The molecule has 1 aliphatic carbocycles. The Morgan fingerprint density at radius 1 is 0.875 bits per heavy atom. The molecule has 0 amide bonds. The van der Waals surface area contributed by atoms with Gasteiger partial charge in [0, 0.05) is 25.6 Å². The number of aliphatic hydroxyl groups is 1. The van der Waals surface area contributed by atoms with Gasteiger partial charge in [-0.2, -0.15) is 0 Å². The molecule has 1 saturated carbocycles. The van der Waals surface area contributed by atoms with Crippen molar-refractivity contribution in [2.45, 2.75) is 44.4 Å². The SMILES string of the molecule is Br.COc1cccc([C@]2(O)CCCC[C@H]2CN(Cc2ccccc2)Cc2ccccc2)c1. The van der Waals surface area contributed by atoms with Gasteiger partial charge in [-0.05, 0) is 41.7 Å². The predicted molar refractivity (Wildman–Crippen MR) is 136 cm³/mol. The van der Waals surface area contributed by atoms with Crippen LogP contribution >= 0.6 is 17.0 Å². The Morgan fingerprint density at radius 3 is 2.09 bits per heavy atom. The highest BCUT2D eigenvalue weighted by molar-refractivity contribution is 8.93. The fourth-order valence-electron chi connectivity index (χ4n) is 4.92. The Balaban J connectivity index is 0.00000289. The molecule has 3 aromatic rings. The molecule has 0 heterocycles. The second kappa shape index (κ2) is 11.6. The van der Waals surface area contributed by atoms with Gasteiger partial charge >= 0.3 is 0 Å². The summed E-state index contributed by atoms with van der Waals surface area (Å²) in [6.45, 7) is 2.61. The summed E-state index contributed by atoms with van der Waals surface area (Å²) in [6.07, 6.45) is 4.06. The summed E-state index contributed by atoms with van der Waals surface area (Å²) in [5, 5.41) is 11.9. The Bertz CT molecular complexity index is 908. The Hall–Kier alpha value is -2.14. The van der Waals surface area contributed by atoms with Crippen LogP contribution in [0.4, 0.5) is 0 Å². The van der Waals surface area contributed by atoms with E-state index in [0.717, 1.165) is 50.2 Å². The van der Waals surface area contributed by atoms with E-state index in [1.165, 1.54) is 17.5 Å². The van der Waals surface area contributed by atoms with Gasteiger partial charge in [-0.25, -0.2) is 0 Å². The van der Waals surface area contributed by atoms with Gasteiger partial charge in [-0.1, -0.05) is 85.6 Å². The molecule has 1 fully saturated rings. The lowest BCUT2D eigenvalue weighted by molar-refractivity contribution is -0.0674. The van der Waals surface area contributed by atoms with E-state index in [-0.39, 0.29) is 22.9 Å². The number of halogens is 1. The molecule has 4 rings (SSSR count). The lowest BCUT2D eigenvalue weighted by Gasteiger charge is -2.43. The molecule has 2 atom stereocenters. The summed E-state index contributed by atoms with van der Waals surface area (Å²) in [6, 6.07) is 29.3. The molecule has 0 spiro atoms. The lowest BCUT2D eigenvalue weighted by atomic mass is 9.71. The zero-order valence-electron chi connectivity index (χ0n) is 18.8. The predicted octanol–water partition coefficient (Wildman–Crippen LogP) is 6.35. The highest BCUT2D eigenvalue weighted by Crippen LogP contribution is 2.43. The van der Waals surface area contributed by atoms with Gasteiger partial charge in [0.15, 0.2) is 0 Å². The van der Waals surface area contributed by atoms with E-state index in [1.54, 1.807) is 7.11 Å². The average molecular weight is 496 g/mol. The lowest BCUT2D eigenvalue weighted by Crippen LogP contribution is -2.44. The third-order valence-corrected chi connectivity index (χ3v) is 6.58. The van der Waals surface area contributed by atoms with Crippen molar-refractivity contribution in [2.24, 2.45) is 5.92 Å². The summed E-state index contributed by atoms with van der Waals surface area (Å²) >= 11 is 0. The standard InChI is InChI=1S/C28H33NO2.BrH/c1-31-27-17-10-16-25(19-27)28(30)18-9-8-15-26(28)22-29(20-23-11-4-2-5-12-23)21-24-13-6-3-7-14-24;/h2-7,10-14,16-17,19,26,30H,8-9,15,18,20-22H2,1H3;1H/t26-,28+;/m0./s1. The molecule has 3 aromatic carbocycles. The number of benzene rings is 3. The minimum atomic E-state index is -0.821. The summed E-state index contributed by atoms with van der Waals surface area (Å²) in [5.41, 5.74) is 2.77. The second-order valence-electron chi connectivity index (χ2n) is 8.74. The number of hydrogen-bond donors (Lipinski definition) is 1. The van der Waals surface area contributed by atoms with Crippen LogP contribution in [0.1, 0.15) is 42.4 Å². The zero-order chi connectivity index (χ0) is 21.5. The van der Waals surface area contributed by atoms with Crippen molar-refractivity contribution in [2.75, 3.05) is 13.7 Å². The summed E-state index contributed by atoms with van der Waals surface area (Å²) in [5.74, 6) is 0.987. The maximum atomic E-state index is 11.9. The molecule has 0 radical (unpaired) electrons. The minimum absolute atomic E-state index is 0. The van der Waals surface area contributed by atoms with Crippen molar-refractivity contribution in [3.8, 4) is 5.75 Å². The van der Waals surface area contributed by atoms with Crippen LogP contribution < -0.4 is 4.74 Å². The average Bonchev–Trinajstić information content (AvgIpc) is 2.82. The van der Waals surface area contributed by atoms with Gasteiger partial charge in [-0.15, -0.1) is 17.0 Å². The molecule has 1 aliphatic rings. The Morgan fingerprint density at radius 2 is 1.50 bits per heavy atom. The fourth-order valence-corrected chi connectivity index (χ4v) is 4.92. The molecule has 0 saturated heterocycles. The quantitative estimate of drug-likeness (QED) is 0.394. The molecular weight excluding hydrogens is 462 g/mol. The van der Waals surface area contributed by atoms with E-state index in [4.69, 9.17) is 4.74 Å². The molecule has 1 N–H and O–H groups in total. The molecule has 170 valence electrons. The third kappa shape index (κ3) is 6.00. The van der Waals surface area contributed by atoms with Crippen molar-refractivity contribution in [3.63, 3.8) is 0 Å². The monoisotopic (exact) mass is 495 g/mol. The van der Waals surface area contributed by atoms with Gasteiger partial charge in [-0.3, -0.25) is 4.90 Å². The minimum Gasteiger partial charge on any atom is -0.497 e. The van der Waals surface area contributed by atoms with Crippen LogP contribution in [-0.2, 0) is 18.7 Å². The van der Waals surface area contributed by atoms with Crippen LogP contribution in [-0.4, -0.2) is 23.7 Å². The van der Waals surface area contributed by atoms with Crippen LogP contribution in [0.2, 0.25) is 0 Å². The van der Waals surface area contributed by atoms with Gasteiger partial charge in [0.05, 0.1) is 12.7 Å². The van der Waals surface area contributed by atoms with Crippen molar-refractivity contribution >= 4 is 17.0 Å². The van der Waals surface area contributed by atoms with Gasteiger partial charge in [0.2, 0.25) is 0 Å². The second-order valence-corrected chi connectivity index (χ2v) is 8.74. The van der Waals surface area contributed by atoms with Crippen LogP contribution in [0.5, 0.6) is 5.75 Å². The molecule has 32 heavy (non-hydrogen) atoms. The van der Waals surface area contributed by atoms with Gasteiger partial charge < -0.3 is 9.84 Å². The number of rotatable bonds is 8. The number of nitrogens with zero attached hydrogens (tertiary/aromatic N) is 1. The van der Waals surface area contributed by atoms with E-state index in [2.05, 4.69) is 71.6 Å². The van der Waals surface area contributed by atoms with E-state index in [0.29, 0.717) is 0 Å². The number of ether oxygens (including phenoxy) is 1. The molecular formula is C28H34BrNO2. The van der Waals surface area contributed by atoms with Crippen molar-refractivity contribution in [1.82, 2.24) is 4.90 Å². The first-order valence-corrected chi connectivity index (χ1v) is 11.3. The van der Waals surface area contributed by atoms with Crippen LogP contribution in [0.25, 0.3) is 0 Å². The third-order valence-electron chi connectivity index (χ3n) is 6.58. The molecule has 3 nitrogen and oxygen atoms in total. The first-order valence-electron chi connectivity index (χ1n) is 11.3. The largest absolute Gasteiger partial charge is 0.497 e.